The van der Waals surface area contributed by atoms with Crippen molar-refractivity contribution >= 4 is 11.6 Å². The molecule has 0 aliphatic rings. The van der Waals surface area contributed by atoms with Crippen molar-refractivity contribution in [1.29, 1.82) is 0 Å². The summed E-state index contributed by atoms with van der Waals surface area (Å²) in [6.07, 6.45) is 0. The number of hydrogen-bond acceptors (Lipinski definition) is 4. The van der Waals surface area contributed by atoms with Crippen molar-refractivity contribution in [3.63, 3.8) is 0 Å². The van der Waals surface area contributed by atoms with Crippen LogP contribution in [0.4, 0.5) is 5.69 Å². The Balaban J connectivity index is 1.58. The van der Waals surface area contributed by atoms with Crippen LogP contribution in [0.25, 0.3) is 11.3 Å². The molecule has 0 spiro atoms. The molecule has 3 aromatic rings. The van der Waals surface area contributed by atoms with E-state index in [-0.39, 0.29) is 12.5 Å². The van der Waals surface area contributed by atoms with E-state index in [4.69, 9.17) is 4.52 Å². The molecule has 26 heavy (non-hydrogen) atoms. The van der Waals surface area contributed by atoms with Crippen molar-refractivity contribution < 1.29 is 9.32 Å². The van der Waals surface area contributed by atoms with E-state index in [1.165, 1.54) is 0 Å². The lowest BCUT2D eigenvalue weighted by Crippen LogP contribution is -2.30. The van der Waals surface area contributed by atoms with Gasteiger partial charge in [-0.3, -0.25) is 9.69 Å². The lowest BCUT2D eigenvalue weighted by atomic mass is 10.1. The number of nitrogens with zero attached hydrogens (tertiary/aromatic N) is 2. The van der Waals surface area contributed by atoms with Gasteiger partial charge in [-0.2, -0.15) is 0 Å². The molecule has 2 aromatic carbocycles. The number of carbonyl (C=O) groups excluding carboxylic acids is 1. The topological polar surface area (TPSA) is 58.4 Å². The van der Waals surface area contributed by atoms with Gasteiger partial charge in [0.15, 0.2) is 5.76 Å². The molecule has 3 rings (SSSR count). The summed E-state index contributed by atoms with van der Waals surface area (Å²) in [7, 11) is 1.89. The SMILES string of the molecule is Cc1cccc(C)c1NC(=O)CN(C)Cc1cc(-c2ccccc2)on1. The van der Waals surface area contributed by atoms with Crippen LogP contribution >= 0.6 is 0 Å². The molecular formula is C21H23N3O2. The number of amides is 1. The first-order valence-electron chi connectivity index (χ1n) is 8.58. The summed E-state index contributed by atoms with van der Waals surface area (Å²) >= 11 is 0. The molecule has 0 bridgehead atoms. The minimum Gasteiger partial charge on any atom is -0.356 e. The van der Waals surface area contributed by atoms with E-state index < -0.39 is 0 Å². The third kappa shape index (κ3) is 4.37. The molecule has 1 amide bonds. The zero-order chi connectivity index (χ0) is 18.5. The van der Waals surface area contributed by atoms with Crippen LogP contribution in [0, 0.1) is 13.8 Å². The molecule has 0 radical (unpaired) electrons. The molecule has 0 saturated carbocycles. The molecular weight excluding hydrogens is 326 g/mol. The van der Waals surface area contributed by atoms with Gasteiger partial charge in [-0.05, 0) is 32.0 Å². The molecule has 0 atom stereocenters. The van der Waals surface area contributed by atoms with Gasteiger partial charge in [0, 0.05) is 23.9 Å². The number of hydrogen-bond donors (Lipinski definition) is 1. The maximum Gasteiger partial charge on any atom is 0.238 e. The number of anilines is 1. The van der Waals surface area contributed by atoms with Crippen LogP contribution in [0.3, 0.4) is 0 Å². The van der Waals surface area contributed by atoms with E-state index in [1.54, 1.807) is 0 Å². The highest BCUT2D eigenvalue weighted by Gasteiger charge is 2.13. The number of likely N-dealkylation sites (N-methyl/N-ethyl adjacent to an activating group) is 1. The van der Waals surface area contributed by atoms with E-state index >= 15 is 0 Å². The average molecular weight is 349 g/mol. The molecule has 1 N–H and O–H groups in total. The first kappa shape index (κ1) is 17.9. The highest BCUT2D eigenvalue weighted by molar-refractivity contribution is 5.93. The monoisotopic (exact) mass is 349 g/mol. The molecule has 0 saturated heterocycles. The van der Waals surface area contributed by atoms with Crippen LogP contribution in [0.2, 0.25) is 0 Å². The van der Waals surface area contributed by atoms with Gasteiger partial charge in [-0.15, -0.1) is 0 Å². The first-order valence-corrected chi connectivity index (χ1v) is 8.58. The fraction of sp³-hybridized carbons (Fsp3) is 0.238. The second-order valence-electron chi connectivity index (χ2n) is 6.54. The van der Waals surface area contributed by atoms with E-state index in [9.17, 15) is 4.79 Å². The van der Waals surface area contributed by atoms with Gasteiger partial charge in [0.2, 0.25) is 5.91 Å². The Hall–Kier alpha value is -2.92. The Kier molecular flexibility index (Phi) is 5.49. The van der Waals surface area contributed by atoms with Crippen molar-refractivity contribution in [2.24, 2.45) is 0 Å². The van der Waals surface area contributed by atoms with Crippen LogP contribution < -0.4 is 5.32 Å². The zero-order valence-electron chi connectivity index (χ0n) is 15.3. The van der Waals surface area contributed by atoms with E-state index in [1.807, 2.05) is 80.4 Å². The summed E-state index contributed by atoms with van der Waals surface area (Å²) in [5.74, 6) is 0.686. The van der Waals surface area contributed by atoms with Crippen molar-refractivity contribution in [2.45, 2.75) is 20.4 Å². The van der Waals surface area contributed by atoms with Gasteiger partial charge < -0.3 is 9.84 Å². The molecule has 0 aliphatic carbocycles. The van der Waals surface area contributed by atoms with Crippen LogP contribution in [0.15, 0.2) is 59.1 Å². The number of carbonyl (C=O) groups is 1. The van der Waals surface area contributed by atoms with Crippen LogP contribution in [0.1, 0.15) is 16.8 Å². The third-order valence-electron chi connectivity index (χ3n) is 4.21. The van der Waals surface area contributed by atoms with Gasteiger partial charge in [0.1, 0.15) is 0 Å². The maximum atomic E-state index is 12.3. The summed E-state index contributed by atoms with van der Waals surface area (Å²) in [6.45, 7) is 4.80. The van der Waals surface area contributed by atoms with Crippen molar-refractivity contribution in [1.82, 2.24) is 10.1 Å². The molecule has 134 valence electrons. The number of rotatable bonds is 6. The van der Waals surface area contributed by atoms with Gasteiger partial charge in [-0.1, -0.05) is 53.7 Å². The van der Waals surface area contributed by atoms with Gasteiger partial charge >= 0.3 is 0 Å². The van der Waals surface area contributed by atoms with Crippen molar-refractivity contribution in [2.75, 3.05) is 18.9 Å². The van der Waals surface area contributed by atoms with Gasteiger partial charge in [-0.25, -0.2) is 0 Å². The van der Waals surface area contributed by atoms with Crippen LogP contribution in [0.5, 0.6) is 0 Å². The van der Waals surface area contributed by atoms with Crippen LogP contribution in [-0.4, -0.2) is 29.6 Å². The Morgan fingerprint density at radius 1 is 1.08 bits per heavy atom. The highest BCUT2D eigenvalue weighted by Crippen LogP contribution is 2.21. The third-order valence-corrected chi connectivity index (χ3v) is 4.21. The molecule has 0 aliphatic heterocycles. The summed E-state index contributed by atoms with van der Waals surface area (Å²) in [4.78, 5) is 14.3. The summed E-state index contributed by atoms with van der Waals surface area (Å²) < 4.78 is 5.41. The summed E-state index contributed by atoms with van der Waals surface area (Å²) in [6, 6.07) is 17.7. The quantitative estimate of drug-likeness (QED) is 0.730. The van der Waals surface area contributed by atoms with E-state index in [2.05, 4.69) is 10.5 Å². The highest BCUT2D eigenvalue weighted by atomic mass is 16.5. The van der Waals surface area contributed by atoms with Gasteiger partial charge in [0.25, 0.3) is 0 Å². The average Bonchev–Trinajstić information content (AvgIpc) is 3.07. The minimum atomic E-state index is -0.0447. The van der Waals surface area contributed by atoms with E-state index in [0.717, 1.165) is 33.8 Å². The normalized spacial score (nSPS) is 10.9. The lowest BCUT2D eigenvalue weighted by Gasteiger charge is -2.16. The fourth-order valence-electron chi connectivity index (χ4n) is 2.89. The molecule has 5 nitrogen and oxygen atoms in total. The number of benzene rings is 2. The molecule has 0 unspecified atom stereocenters. The van der Waals surface area contributed by atoms with Crippen molar-refractivity contribution in [3.05, 3.63) is 71.4 Å². The molecule has 0 fully saturated rings. The smallest absolute Gasteiger partial charge is 0.238 e. The number of para-hydroxylation sites is 1. The number of aryl methyl sites for hydroxylation is 2. The largest absolute Gasteiger partial charge is 0.356 e. The molecule has 1 aromatic heterocycles. The van der Waals surface area contributed by atoms with Crippen molar-refractivity contribution in [3.8, 4) is 11.3 Å². The fourth-order valence-corrected chi connectivity index (χ4v) is 2.89. The second kappa shape index (κ2) is 7.97. The Morgan fingerprint density at radius 2 is 1.77 bits per heavy atom. The van der Waals surface area contributed by atoms with Crippen LogP contribution in [-0.2, 0) is 11.3 Å². The van der Waals surface area contributed by atoms with E-state index in [0.29, 0.717) is 6.54 Å². The second-order valence-corrected chi connectivity index (χ2v) is 6.54. The predicted octanol–water partition coefficient (Wildman–Crippen LogP) is 4.03. The molecule has 5 heteroatoms. The van der Waals surface area contributed by atoms with Gasteiger partial charge in [0.05, 0.1) is 12.2 Å². The summed E-state index contributed by atoms with van der Waals surface area (Å²) in [5, 5.41) is 7.11. The molecule has 1 heterocycles. The predicted molar refractivity (Wildman–Crippen MR) is 103 cm³/mol. The number of nitrogens with one attached hydrogen (secondary N) is 1. The lowest BCUT2D eigenvalue weighted by molar-refractivity contribution is -0.117. The standard InChI is InChI=1S/C21H23N3O2/c1-15-8-7-9-16(2)21(15)22-20(25)14-24(3)13-18-12-19(26-23-18)17-10-5-4-6-11-17/h4-12H,13-14H2,1-3H3,(H,22,25). The number of aromatic nitrogens is 1. The Morgan fingerprint density at radius 3 is 2.46 bits per heavy atom. The summed E-state index contributed by atoms with van der Waals surface area (Å²) in [5.41, 5.74) is 4.79. The zero-order valence-corrected chi connectivity index (χ0v) is 15.3. The maximum absolute atomic E-state index is 12.3. The first-order chi connectivity index (χ1) is 12.5. The minimum absolute atomic E-state index is 0.0447. The Bertz CT molecular complexity index is 867. The Labute approximate surface area is 153 Å².